The molecule has 1 saturated heterocycles. The molecular formula is C17H24BrNO3. The molecule has 0 amide bonds. The number of halogens is 1. The zero-order valence-corrected chi connectivity index (χ0v) is 15.1. The zero-order valence-electron chi connectivity index (χ0n) is 13.5. The summed E-state index contributed by atoms with van der Waals surface area (Å²) in [6.07, 6.45) is 2.44. The molecule has 22 heavy (non-hydrogen) atoms. The lowest BCUT2D eigenvalue weighted by molar-refractivity contribution is 0.0317. The Bertz CT molecular complexity index is 519. The van der Waals surface area contributed by atoms with Gasteiger partial charge in [0, 0.05) is 17.6 Å². The summed E-state index contributed by atoms with van der Waals surface area (Å²) in [4.78, 5) is 14.3. The van der Waals surface area contributed by atoms with Crippen molar-refractivity contribution in [2.75, 3.05) is 31.7 Å². The molecule has 0 unspecified atom stereocenters. The van der Waals surface area contributed by atoms with Crippen LogP contribution >= 0.6 is 15.9 Å². The van der Waals surface area contributed by atoms with Gasteiger partial charge in [0.2, 0.25) is 0 Å². The molecule has 0 bridgehead atoms. The lowest BCUT2D eigenvalue weighted by atomic mass is 10.0. The maximum Gasteiger partial charge on any atom is 0.340 e. The van der Waals surface area contributed by atoms with Crippen LogP contribution in [0, 0.1) is 5.92 Å². The fourth-order valence-electron chi connectivity index (χ4n) is 2.69. The molecule has 0 saturated carbocycles. The fourth-order valence-corrected chi connectivity index (χ4v) is 3.05. The van der Waals surface area contributed by atoms with Crippen molar-refractivity contribution in [3.8, 4) is 0 Å². The van der Waals surface area contributed by atoms with Crippen LogP contribution in [0.5, 0.6) is 0 Å². The number of esters is 1. The first-order valence-corrected chi connectivity index (χ1v) is 8.55. The topological polar surface area (TPSA) is 38.8 Å². The monoisotopic (exact) mass is 369 g/mol. The molecule has 1 atom stereocenters. The number of morpholine rings is 1. The Kier molecular flexibility index (Phi) is 6.26. The molecule has 2 rings (SSSR count). The zero-order chi connectivity index (χ0) is 16.1. The normalized spacial score (nSPS) is 18.6. The van der Waals surface area contributed by atoms with Crippen molar-refractivity contribution in [1.82, 2.24) is 0 Å². The van der Waals surface area contributed by atoms with Crippen molar-refractivity contribution in [3.63, 3.8) is 0 Å². The molecule has 0 aromatic heterocycles. The molecule has 1 aromatic carbocycles. The summed E-state index contributed by atoms with van der Waals surface area (Å²) in [7, 11) is 1.41. The molecule has 1 aliphatic heterocycles. The van der Waals surface area contributed by atoms with E-state index >= 15 is 0 Å². The van der Waals surface area contributed by atoms with Crippen molar-refractivity contribution in [2.24, 2.45) is 5.92 Å². The largest absolute Gasteiger partial charge is 0.465 e. The average Bonchev–Trinajstić information content (AvgIpc) is 2.52. The maximum atomic E-state index is 12.0. The Morgan fingerprint density at radius 3 is 2.95 bits per heavy atom. The van der Waals surface area contributed by atoms with E-state index in [0.717, 1.165) is 36.1 Å². The van der Waals surface area contributed by atoms with E-state index in [-0.39, 0.29) is 12.1 Å². The van der Waals surface area contributed by atoms with Crippen LogP contribution in [0.2, 0.25) is 0 Å². The quantitative estimate of drug-likeness (QED) is 0.738. The fraction of sp³-hybridized carbons (Fsp3) is 0.588. The molecule has 1 aliphatic rings. The third kappa shape index (κ3) is 4.46. The highest BCUT2D eigenvalue weighted by molar-refractivity contribution is 9.10. The van der Waals surface area contributed by atoms with Crippen LogP contribution in [-0.2, 0) is 9.47 Å². The maximum absolute atomic E-state index is 12.0. The molecule has 1 heterocycles. The Morgan fingerprint density at radius 1 is 1.50 bits per heavy atom. The number of carbonyl (C=O) groups excluding carboxylic acids is 1. The van der Waals surface area contributed by atoms with Gasteiger partial charge in [-0.3, -0.25) is 0 Å². The molecule has 0 N–H and O–H groups in total. The molecule has 122 valence electrons. The second kappa shape index (κ2) is 7.97. The highest BCUT2D eigenvalue weighted by atomic mass is 79.9. The van der Waals surface area contributed by atoms with Gasteiger partial charge in [-0.2, -0.15) is 0 Å². The van der Waals surface area contributed by atoms with Crippen LogP contribution < -0.4 is 4.90 Å². The first kappa shape index (κ1) is 17.3. The first-order valence-electron chi connectivity index (χ1n) is 7.75. The van der Waals surface area contributed by atoms with Gasteiger partial charge in [0.05, 0.1) is 31.1 Å². The molecule has 0 aliphatic carbocycles. The lowest BCUT2D eigenvalue weighted by Gasteiger charge is -2.35. The number of rotatable bonds is 5. The van der Waals surface area contributed by atoms with E-state index in [1.165, 1.54) is 7.11 Å². The number of benzene rings is 1. The molecule has 4 nitrogen and oxygen atoms in total. The van der Waals surface area contributed by atoms with Gasteiger partial charge in [0.1, 0.15) is 0 Å². The van der Waals surface area contributed by atoms with E-state index in [1.807, 2.05) is 18.2 Å². The van der Waals surface area contributed by atoms with Gasteiger partial charge in [-0.1, -0.05) is 29.8 Å². The van der Waals surface area contributed by atoms with Gasteiger partial charge in [0.25, 0.3) is 0 Å². The Balaban J connectivity index is 2.15. The summed E-state index contributed by atoms with van der Waals surface area (Å²) in [6, 6.07) is 5.75. The second-order valence-electron chi connectivity index (χ2n) is 6.06. The summed E-state index contributed by atoms with van der Waals surface area (Å²) in [5.74, 6) is 0.374. The smallest absolute Gasteiger partial charge is 0.340 e. The van der Waals surface area contributed by atoms with Gasteiger partial charge >= 0.3 is 5.97 Å². The third-order valence-electron chi connectivity index (χ3n) is 3.91. The number of hydrogen-bond donors (Lipinski definition) is 0. The minimum Gasteiger partial charge on any atom is -0.465 e. The minimum absolute atomic E-state index is 0.227. The molecule has 1 aromatic rings. The second-order valence-corrected chi connectivity index (χ2v) is 6.98. The lowest BCUT2D eigenvalue weighted by Crippen LogP contribution is -2.43. The third-order valence-corrected chi connectivity index (χ3v) is 4.40. The van der Waals surface area contributed by atoms with Crippen molar-refractivity contribution >= 4 is 27.6 Å². The van der Waals surface area contributed by atoms with Crippen LogP contribution in [0.4, 0.5) is 5.69 Å². The summed E-state index contributed by atoms with van der Waals surface area (Å²) < 4.78 is 11.7. The Hall–Kier alpha value is -1.07. The van der Waals surface area contributed by atoms with Gasteiger partial charge in [-0.05, 0) is 37.0 Å². The standard InChI is InChI=1S/C17H24BrNO3/c1-12(2)4-6-14-11-19(8-9-22-14)16-7-5-13(18)10-15(16)17(20)21-3/h5,7,10,12,14H,4,6,8-9,11H2,1-3H3/t14-/m1/s1. The molecule has 0 spiro atoms. The molecular weight excluding hydrogens is 346 g/mol. The number of nitrogens with zero attached hydrogens (tertiary/aromatic N) is 1. The molecule has 5 heteroatoms. The minimum atomic E-state index is -0.304. The van der Waals surface area contributed by atoms with Gasteiger partial charge in [-0.25, -0.2) is 4.79 Å². The van der Waals surface area contributed by atoms with Crippen molar-refractivity contribution in [1.29, 1.82) is 0 Å². The van der Waals surface area contributed by atoms with Gasteiger partial charge in [0.15, 0.2) is 0 Å². The average molecular weight is 370 g/mol. The first-order chi connectivity index (χ1) is 10.5. The number of ether oxygens (including phenoxy) is 2. The van der Waals surface area contributed by atoms with Crippen molar-refractivity contribution in [3.05, 3.63) is 28.2 Å². The van der Waals surface area contributed by atoms with Crippen molar-refractivity contribution in [2.45, 2.75) is 32.8 Å². The number of anilines is 1. The van der Waals surface area contributed by atoms with E-state index in [4.69, 9.17) is 9.47 Å². The summed E-state index contributed by atoms with van der Waals surface area (Å²) in [6.45, 7) is 6.76. The van der Waals surface area contributed by atoms with Crippen molar-refractivity contribution < 1.29 is 14.3 Å². The van der Waals surface area contributed by atoms with Crippen LogP contribution in [0.3, 0.4) is 0 Å². The number of hydrogen-bond acceptors (Lipinski definition) is 4. The predicted molar refractivity (Wildman–Crippen MR) is 91.5 cm³/mol. The molecule has 0 radical (unpaired) electrons. The highest BCUT2D eigenvalue weighted by Crippen LogP contribution is 2.28. The van der Waals surface area contributed by atoms with Gasteiger partial charge in [-0.15, -0.1) is 0 Å². The molecule has 1 fully saturated rings. The SMILES string of the molecule is COC(=O)c1cc(Br)ccc1N1CCO[C@H](CCC(C)C)C1. The Labute approximate surface area is 140 Å². The number of carbonyl (C=O) groups is 1. The summed E-state index contributed by atoms with van der Waals surface area (Å²) >= 11 is 3.42. The predicted octanol–water partition coefficient (Wildman–Crippen LogP) is 3.88. The van der Waals surface area contributed by atoms with E-state index < -0.39 is 0 Å². The Morgan fingerprint density at radius 2 is 2.27 bits per heavy atom. The summed E-state index contributed by atoms with van der Waals surface area (Å²) in [5, 5.41) is 0. The van der Waals surface area contributed by atoms with E-state index in [2.05, 4.69) is 34.7 Å². The van der Waals surface area contributed by atoms with E-state index in [9.17, 15) is 4.79 Å². The van der Waals surface area contributed by atoms with Crippen LogP contribution in [0.25, 0.3) is 0 Å². The van der Waals surface area contributed by atoms with Crippen LogP contribution in [-0.4, -0.2) is 38.9 Å². The van der Waals surface area contributed by atoms with Gasteiger partial charge < -0.3 is 14.4 Å². The number of methoxy groups -OCH3 is 1. The van der Waals surface area contributed by atoms with E-state index in [0.29, 0.717) is 18.1 Å². The van der Waals surface area contributed by atoms with Crippen LogP contribution in [0.1, 0.15) is 37.0 Å². The summed E-state index contributed by atoms with van der Waals surface area (Å²) in [5.41, 5.74) is 1.52. The van der Waals surface area contributed by atoms with E-state index in [1.54, 1.807) is 0 Å². The highest BCUT2D eigenvalue weighted by Gasteiger charge is 2.24. The van der Waals surface area contributed by atoms with Crippen LogP contribution in [0.15, 0.2) is 22.7 Å².